The van der Waals surface area contributed by atoms with E-state index in [2.05, 4.69) is 36.3 Å². The average molecular weight is 427 g/mol. The third-order valence-electron chi connectivity index (χ3n) is 3.01. The highest BCUT2D eigenvalue weighted by atomic mass is 79.9. The Balaban J connectivity index is 2.25. The molecule has 0 bridgehead atoms. The Morgan fingerprint density at radius 3 is 2.62 bits per heavy atom. The highest BCUT2D eigenvalue weighted by Gasteiger charge is 2.38. The maximum absolute atomic E-state index is 12.8. The predicted octanol–water partition coefficient (Wildman–Crippen LogP) is 4.09. The van der Waals surface area contributed by atoms with E-state index in [1.54, 1.807) is 6.92 Å². The zero-order valence-electron chi connectivity index (χ0n) is 12.3. The number of anilines is 1. The van der Waals surface area contributed by atoms with Crippen molar-refractivity contribution in [1.29, 1.82) is 0 Å². The van der Waals surface area contributed by atoms with Crippen LogP contribution in [0.25, 0.3) is 0 Å². The first-order valence-electron chi connectivity index (χ1n) is 6.82. The molecule has 2 aromatic heterocycles. The topological polar surface area (TPSA) is 72.7 Å². The van der Waals surface area contributed by atoms with Gasteiger partial charge < -0.3 is 5.32 Å². The van der Waals surface area contributed by atoms with Gasteiger partial charge in [-0.05, 0) is 22.4 Å². The molecule has 2 rings (SSSR count). The number of carbonyl (C=O) groups excluding carboxylic acids is 1. The van der Waals surface area contributed by atoms with E-state index in [0.29, 0.717) is 11.0 Å². The molecule has 0 saturated carbocycles. The van der Waals surface area contributed by atoms with Crippen LogP contribution >= 0.6 is 27.5 Å². The van der Waals surface area contributed by atoms with Crippen molar-refractivity contribution in [1.82, 2.24) is 19.7 Å². The summed E-state index contributed by atoms with van der Waals surface area (Å²) in [6.07, 6.45) is -0.141. The van der Waals surface area contributed by atoms with Crippen LogP contribution in [0.5, 0.6) is 0 Å². The Hall–Kier alpha value is -1.68. The molecule has 1 amide bonds. The zero-order valence-corrected chi connectivity index (χ0v) is 14.7. The lowest BCUT2D eigenvalue weighted by Gasteiger charge is -2.16. The van der Waals surface area contributed by atoms with Crippen LogP contribution in [0.4, 0.5) is 19.0 Å². The van der Waals surface area contributed by atoms with Crippen molar-refractivity contribution in [2.75, 3.05) is 5.32 Å². The second-order valence-corrected chi connectivity index (χ2v) is 6.04. The van der Waals surface area contributed by atoms with Crippen molar-refractivity contribution >= 4 is 39.3 Å². The molecule has 24 heavy (non-hydrogen) atoms. The largest absolute Gasteiger partial charge is 0.436 e. The number of amides is 1. The van der Waals surface area contributed by atoms with Gasteiger partial charge in [0.2, 0.25) is 5.91 Å². The van der Waals surface area contributed by atoms with E-state index in [4.69, 9.17) is 11.6 Å². The number of alkyl halides is 3. The number of nitrogens with one attached hydrogen (secondary N) is 1. The minimum absolute atomic E-state index is 0.179. The van der Waals surface area contributed by atoms with Gasteiger partial charge in [-0.25, -0.2) is 9.97 Å². The van der Waals surface area contributed by atoms with Gasteiger partial charge in [0.15, 0.2) is 11.5 Å². The van der Waals surface area contributed by atoms with E-state index in [1.165, 1.54) is 12.4 Å². The van der Waals surface area contributed by atoms with E-state index in [0.717, 1.165) is 10.9 Å². The quantitative estimate of drug-likeness (QED) is 0.782. The molecule has 0 aliphatic heterocycles. The van der Waals surface area contributed by atoms with E-state index in [-0.39, 0.29) is 12.2 Å². The predicted molar refractivity (Wildman–Crippen MR) is 84.5 cm³/mol. The molecule has 1 unspecified atom stereocenters. The van der Waals surface area contributed by atoms with Gasteiger partial charge in [0.1, 0.15) is 10.6 Å². The first-order chi connectivity index (χ1) is 11.2. The Morgan fingerprint density at radius 2 is 2.12 bits per heavy atom. The van der Waals surface area contributed by atoms with Gasteiger partial charge in [0.05, 0.1) is 17.4 Å². The molecule has 2 aromatic rings. The first-order valence-corrected chi connectivity index (χ1v) is 7.99. The summed E-state index contributed by atoms with van der Waals surface area (Å²) in [7, 11) is 0. The van der Waals surface area contributed by atoms with Crippen LogP contribution in [0, 0.1) is 0 Å². The smallest absolute Gasteiger partial charge is 0.308 e. The summed E-state index contributed by atoms with van der Waals surface area (Å²) >= 11 is 8.70. The summed E-state index contributed by atoms with van der Waals surface area (Å²) in [5.74, 6) is -0.375. The number of hydrogen-bond acceptors (Lipinski definition) is 4. The lowest BCUT2D eigenvalue weighted by molar-refractivity contribution is -0.141. The molecule has 6 nitrogen and oxygen atoms in total. The first kappa shape index (κ1) is 18.7. The molecule has 2 heterocycles. The lowest BCUT2D eigenvalue weighted by atomic mass is 10.1. The molecule has 0 aliphatic carbocycles. The van der Waals surface area contributed by atoms with Crippen LogP contribution in [0.15, 0.2) is 23.2 Å². The molecule has 1 N–H and O–H groups in total. The van der Waals surface area contributed by atoms with Gasteiger partial charge in [-0.1, -0.05) is 24.9 Å². The van der Waals surface area contributed by atoms with E-state index in [1.807, 2.05) is 0 Å². The summed E-state index contributed by atoms with van der Waals surface area (Å²) in [4.78, 5) is 20.2. The van der Waals surface area contributed by atoms with Crippen molar-refractivity contribution in [3.63, 3.8) is 0 Å². The summed E-state index contributed by atoms with van der Waals surface area (Å²) in [5.41, 5.74) is -1.22. The van der Waals surface area contributed by atoms with Crippen LogP contribution < -0.4 is 5.32 Å². The Labute approximate surface area is 148 Å². The van der Waals surface area contributed by atoms with E-state index in [9.17, 15) is 18.0 Å². The molecule has 0 spiro atoms. The number of carbonyl (C=O) groups is 1. The minimum Gasteiger partial charge on any atom is -0.308 e. The maximum Gasteiger partial charge on any atom is 0.436 e. The third kappa shape index (κ3) is 4.44. The maximum atomic E-state index is 12.8. The number of halogens is 5. The van der Waals surface area contributed by atoms with Crippen LogP contribution in [0.3, 0.4) is 0 Å². The van der Waals surface area contributed by atoms with Crippen LogP contribution in [-0.4, -0.2) is 25.7 Å². The third-order valence-corrected chi connectivity index (χ3v) is 3.70. The molecule has 11 heteroatoms. The van der Waals surface area contributed by atoms with E-state index < -0.39 is 28.8 Å². The van der Waals surface area contributed by atoms with Crippen LogP contribution in [0.1, 0.15) is 31.5 Å². The highest BCUT2D eigenvalue weighted by molar-refractivity contribution is 9.10. The molecule has 130 valence electrons. The van der Waals surface area contributed by atoms with Gasteiger partial charge in [-0.3, -0.25) is 9.48 Å². The van der Waals surface area contributed by atoms with Crippen molar-refractivity contribution in [3.05, 3.63) is 33.9 Å². The zero-order chi connectivity index (χ0) is 17.9. The van der Waals surface area contributed by atoms with Gasteiger partial charge in [0.25, 0.3) is 0 Å². The van der Waals surface area contributed by atoms with Crippen LogP contribution in [-0.2, 0) is 11.0 Å². The van der Waals surface area contributed by atoms with Crippen molar-refractivity contribution < 1.29 is 18.0 Å². The molecule has 0 radical (unpaired) electrons. The molecule has 0 fully saturated rings. The SMILES string of the molecule is CCCC(C(=O)Nc1cnc(Br)cn1)n1cc(Cl)c(C(F)(F)F)n1. The summed E-state index contributed by atoms with van der Waals surface area (Å²) < 4.78 is 39.9. The molecule has 1 atom stereocenters. The number of rotatable bonds is 5. The van der Waals surface area contributed by atoms with E-state index >= 15 is 0 Å². The van der Waals surface area contributed by atoms with Gasteiger partial charge in [-0.15, -0.1) is 0 Å². The Morgan fingerprint density at radius 1 is 1.42 bits per heavy atom. The number of nitrogens with zero attached hydrogens (tertiary/aromatic N) is 4. The minimum atomic E-state index is -4.69. The Kier molecular flexibility index (Phi) is 5.81. The second-order valence-electron chi connectivity index (χ2n) is 4.82. The molecular formula is C13H12BrClF3N5O. The number of hydrogen-bond donors (Lipinski definition) is 1. The normalized spacial score (nSPS) is 12.9. The Bertz CT molecular complexity index is 719. The average Bonchev–Trinajstić information content (AvgIpc) is 2.88. The van der Waals surface area contributed by atoms with Crippen molar-refractivity contribution in [2.45, 2.75) is 32.0 Å². The van der Waals surface area contributed by atoms with Gasteiger partial charge in [0, 0.05) is 6.20 Å². The molecule has 0 aliphatic rings. The molecular weight excluding hydrogens is 415 g/mol. The number of aromatic nitrogens is 4. The highest BCUT2D eigenvalue weighted by Crippen LogP contribution is 2.34. The molecule has 0 saturated heterocycles. The van der Waals surface area contributed by atoms with Crippen molar-refractivity contribution in [2.24, 2.45) is 0 Å². The van der Waals surface area contributed by atoms with Gasteiger partial charge in [-0.2, -0.15) is 18.3 Å². The van der Waals surface area contributed by atoms with Crippen molar-refractivity contribution in [3.8, 4) is 0 Å². The summed E-state index contributed by atoms with van der Waals surface area (Å²) in [6, 6.07) is -0.950. The molecule has 0 aromatic carbocycles. The summed E-state index contributed by atoms with van der Waals surface area (Å²) in [6.45, 7) is 1.80. The fraction of sp³-hybridized carbons (Fsp3) is 0.385. The summed E-state index contributed by atoms with van der Waals surface area (Å²) in [5, 5.41) is 5.38. The fourth-order valence-corrected chi connectivity index (χ4v) is 2.41. The lowest BCUT2D eigenvalue weighted by Crippen LogP contribution is -2.27. The fourth-order valence-electron chi connectivity index (χ4n) is 1.96. The van der Waals surface area contributed by atoms with Crippen LogP contribution in [0.2, 0.25) is 5.02 Å². The standard InChI is InChI=1S/C13H12BrClF3N5O/c1-2-3-8(12(24)21-10-5-19-9(14)4-20-10)23-6-7(15)11(22-23)13(16,17)18/h4-6,8H,2-3H2,1H3,(H,20,21,24). The second kappa shape index (κ2) is 7.47. The van der Waals surface area contributed by atoms with Gasteiger partial charge >= 0.3 is 6.18 Å². The monoisotopic (exact) mass is 425 g/mol.